The van der Waals surface area contributed by atoms with Crippen LogP contribution in [0.3, 0.4) is 0 Å². The van der Waals surface area contributed by atoms with Crippen molar-refractivity contribution >= 4 is 17.5 Å². The number of carbonyl (C=O) groups is 2. The second-order valence-electron chi connectivity index (χ2n) is 8.50. The Morgan fingerprint density at radius 1 is 0.862 bits per heavy atom. The number of benzene rings is 1. The number of piperidine rings is 1. The molecule has 2 N–H and O–H groups in total. The van der Waals surface area contributed by atoms with Gasteiger partial charge in [-0.1, -0.05) is 12.1 Å². The molecule has 0 spiro atoms. The molecule has 3 heterocycles. The predicted octanol–water partition coefficient (Wildman–Crippen LogP) is 0.994. The third-order valence-corrected chi connectivity index (χ3v) is 6.49. The van der Waals surface area contributed by atoms with E-state index in [0.717, 1.165) is 76.2 Å². The first-order chi connectivity index (χ1) is 14.1. The fourth-order valence-corrected chi connectivity index (χ4v) is 4.61. The number of amides is 2. The summed E-state index contributed by atoms with van der Waals surface area (Å²) in [6.45, 7) is 6.93. The van der Waals surface area contributed by atoms with Crippen molar-refractivity contribution in [1.29, 1.82) is 0 Å². The van der Waals surface area contributed by atoms with Crippen LogP contribution < -0.4 is 10.6 Å². The lowest BCUT2D eigenvalue weighted by atomic mass is 10.0. The highest BCUT2D eigenvalue weighted by Gasteiger charge is 2.28. The summed E-state index contributed by atoms with van der Waals surface area (Å²) in [5.74, 6) is 0.330. The minimum Gasteiger partial charge on any atom is -0.371 e. The zero-order chi connectivity index (χ0) is 20.2. The molecule has 0 unspecified atom stereocenters. The number of hydrogen-bond donors (Lipinski definition) is 1. The minimum absolute atomic E-state index is 0.0981. The van der Waals surface area contributed by atoms with Gasteiger partial charge in [0.25, 0.3) is 5.91 Å². The van der Waals surface area contributed by atoms with Crippen molar-refractivity contribution in [1.82, 2.24) is 14.7 Å². The Bertz CT molecular complexity index is 718. The van der Waals surface area contributed by atoms with E-state index in [0.29, 0.717) is 19.6 Å². The van der Waals surface area contributed by atoms with Gasteiger partial charge in [0.1, 0.15) is 0 Å². The molecular weight excluding hydrogens is 366 g/mol. The van der Waals surface area contributed by atoms with Crippen LogP contribution in [0.2, 0.25) is 0 Å². The molecule has 7 heteroatoms. The van der Waals surface area contributed by atoms with Gasteiger partial charge in [-0.25, -0.2) is 0 Å². The van der Waals surface area contributed by atoms with Crippen molar-refractivity contribution in [3.63, 3.8) is 0 Å². The average molecular weight is 400 g/mol. The van der Waals surface area contributed by atoms with Crippen LogP contribution in [0.25, 0.3) is 0 Å². The van der Waals surface area contributed by atoms with Crippen LogP contribution >= 0.6 is 0 Å². The first kappa shape index (κ1) is 20.2. The van der Waals surface area contributed by atoms with Crippen LogP contribution in [0.15, 0.2) is 24.3 Å². The summed E-state index contributed by atoms with van der Waals surface area (Å²) in [4.78, 5) is 34.0. The van der Waals surface area contributed by atoms with E-state index in [2.05, 4.69) is 15.9 Å². The lowest BCUT2D eigenvalue weighted by molar-refractivity contribution is -0.131. The van der Waals surface area contributed by atoms with Crippen molar-refractivity contribution in [2.24, 2.45) is 5.73 Å². The van der Waals surface area contributed by atoms with Crippen LogP contribution in [0.5, 0.6) is 0 Å². The number of piperazine rings is 1. The number of para-hydroxylation sites is 1. The number of nitrogens with zero attached hydrogens (tertiary/aromatic N) is 4. The summed E-state index contributed by atoms with van der Waals surface area (Å²) in [5, 5.41) is 0. The molecule has 0 saturated carbocycles. The number of hydrogen-bond acceptors (Lipinski definition) is 5. The Morgan fingerprint density at radius 3 is 2.21 bits per heavy atom. The predicted molar refractivity (Wildman–Crippen MR) is 114 cm³/mol. The maximum Gasteiger partial charge on any atom is 0.256 e. The van der Waals surface area contributed by atoms with Crippen molar-refractivity contribution < 1.29 is 9.59 Å². The number of likely N-dealkylation sites (tertiary alicyclic amines) is 1. The zero-order valence-corrected chi connectivity index (χ0v) is 17.3. The highest BCUT2D eigenvalue weighted by molar-refractivity contribution is 6.00. The van der Waals surface area contributed by atoms with Gasteiger partial charge >= 0.3 is 0 Å². The molecule has 158 valence electrons. The van der Waals surface area contributed by atoms with Gasteiger partial charge in [-0.05, 0) is 37.8 Å². The van der Waals surface area contributed by atoms with E-state index in [1.54, 1.807) is 0 Å². The molecule has 3 saturated heterocycles. The molecule has 4 rings (SSSR count). The lowest BCUT2D eigenvalue weighted by Crippen LogP contribution is -2.51. The van der Waals surface area contributed by atoms with Crippen LogP contribution in [0.1, 0.15) is 36.0 Å². The van der Waals surface area contributed by atoms with Crippen molar-refractivity contribution in [3.8, 4) is 0 Å². The molecule has 0 bridgehead atoms. The summed E-state index contributed by atoms with van der Waals surface area (Å²) in [5.41, 5.74) is 7.85. The van der Waals surface area contributed by atoms with Gasteiger partial charge in [-0.3, -0.25) is 14.5 Å². The summed E-state index contributed by atoms with van der Waals surface area (Å²) >= 11 is 0. The first-order valence-corrected chi connectivity index (χ1v) is 11.0. The van der Waals surface area contributed by atoms with Crippen LogP contribution in [-0.4, -0.2) is 91.5 Å². The van der Waals surface area contributed by atoms with Gasteiger partial charge in [0, 0.05) is 64.1 Å². The molecule has 1 aromatic carbocycles. The monoisotopic (exact) mass is 399 g/mol. The standard InChI is InChI=1S/C22H33N5O2/c23-18-7-11-25(12-8-18)20-6-2-1-5-19(20)22(29)27-15-13-24(14-16-27)17-21(28)26-9-3-4-10-26/h1-2,5-6,18H,3-4,7-17,23H2. The van der Waals surface area contributed by atoms with Crippen LogP contribution in [-0.2, 0) is 4.79 Å². The summed E-state index contributed by atoms with van der Waals surface area (Å²) < 4.78 is 0. The second kappa shape index (κ2) is 9.13. The number of carbonyl (C=O) groups excluding carboxylic acids is 2. The fourth-order valence-electron chi connectivity index (χ4n) is 4.61. The van der Waals surface area contributed by atoms with Gasteiger partial charge < -0.3 is 20.4 Å². The van der Waals surface area contributed by atoms with Crippen molar-refractivity contribution in [3.05, 3.63) is 29.8 Å². The van der Waals surface area contributed by atoms with E-state index in [-0.39, 0.29) is 17.9 Å². The maximum absolute atomic E-state index is 13.2. The third kappa shape index (κ3) is 4.73. The molecule has 0 aromatic heterocycles. The molecule has 0 atom stereocenters. The Morgan fingerprint density at radius 2 is 1.52 bits per heavy atom. The van der Waals surface area contributed by atoms with E-state index >= 15 is 0 Å². The Kier molecular flexibility index (Phi) is 6.35. The summed E-state index contributed by atoms with van der Waals surface area (Å²) in [6.07, 6.45) is 4.17. The van der Waals surface area contributed by atoms with E-state index < -0.39 is 0 Å². The van der Waals surface area contributed by atoms with Crippen LogP contribution in [0.4, 0.5) is 5.69 Å². The maximum atomic E-state index is 13.2. The molecule has 3 aliphatic rings. The topological polar surface area (TPSA) is 73.1 Å². The van der Waals surface area contributed by atoms with Crippen LogP contribution in [0, 0.1) is 0 Å². The molecule has 3 fully saturated rings. The van der Waals surface area contributed by atoms with Gasteiger partial charge in [-0.15, -0.1) is 0 Å². The molecule has 7 nitrogen and oxygen atoms in total. The number of nitrogens with two attached hydrogens (primary N) is 1. The molecule has 29 heavy (non-hydrogen) atoms. The van der Waals surface area contributed by atoms with E-state index in [9.17, 15) is 9.59 Å². The van der Waals surface area contributed by atoms with E-state index in [1.807, 2.05) is 28.0 Å². The van der Waals surface area contributed by atoms with Gasteiger partial charge in [0.15, 0.2) is 0 Å². The van der Waals surface area contributed by atoms with E-state index in [1.165, 1.54) is 0 Å². The quantitative estimate of drug-likeness (QED) is 0.818. The average Bonchev–Trinajstić information content (AvgIpc) is 3.30. The first-order valence-electron chi connectivity index (χ1n) is 11.0. The highest BCUT2D eigenvalue weighted by atomic mass is 16.2. The molecule has 3 aliphatic heterocycles. The van der Waals surface area contributed by atoms with Gasteiger partial charge in [0.2, 0.25) is 5.91 Å². The highest BCUT2D eigenvalue weighted by Crippen LogP contribution is 2.25. The van der Waals surface area contributed by atoms with Crippen molar-refractivity contribution in [2.75, 3.05) is 63.8 Å². The largest absolute Gasteiger partial charge is 0.371 e. The molecule has 2 amide bonds. The smallest absolute Gasteiger partial charge is 0.256 e. The molecule has 0 aliphatic carbocycles. The minimum atomic E-state index is 0.0981. The fraction of sp³-hybridized carbons (Fsp3) is 0.636. The third-order valence-electron chi connectivity index (χ3n) is 6.49. The van der Waals surface area contributed by atoms with E-state index in [4.69, 9.17) is 5.73 Å². The van der Waals surface area contributed by atoms with Crippen molar-refractivity contribution in [2.45, 2.75) is 31.7 Å². The molecule has 0 radical (unpaired) electrons. The normalized spacial score (nSPS) is 21.6. The zero-order valence-electron chi connectivity index (χ0n) is 17.3. The van der Waals surface area contributed by atoms with Gasteiger partial charge in [-0.2, -0.15) is 0 Å². The second-order valence-corrected chi connectivity index (χ2v) is 8.50. The molecule has 1 aromatic rings. The Labute approximate surface area is 173 Å². The van der Waals surface area contributed by atoms with Gasteiger partial charge in [0.05, 0.1) is 12.1 Å². The number of anilines is 1. The Balaban J connectivity index is 1.34. The number of rotatable bonds is 4. The molecular formula is C22H33N5O2. The lowest BCUT2D eigenvalue weighted by Gasteiger charge is -2.37. The Hall–Kier alpha value is -2.12. The SMILES string of the molecule is NC1CCN(c2ccccc2C(=O)N2CCN(CC(=O)N3CCCC3)CC2)CC1. The summed E-state index contributed by atoms with van der Waals surface area (Å²) in [6, 6.07) is 8.20. The summed E-state index contributed by atoms with van der Waals surface area (Å²) in [7, 11) is 0.